The van der Waals surface area contributed by atoms with Crippen molar-refractivity contribution in [2.45, 2.75) is 25.0 Å². The van der Waals surface area contributed by atoms with E-state index in [4.69, 9.17) is 4.42 Å². The van der Waals surface area contributed by atoms with Gasteiger partial charge in [0.1, 0.15) is 0 Å². The van der Waals surface area contributed by atoms with Gasteiger partial charge in [0.25, 0.3) is 0 Å². The molecule has 19 heavy (non-hydrogen) atoms. The molecule has 0 unspecified atom stereocenters. The van der Waals surface area contributed by atoms with Crippen molar-refractivity contribution in [3.63, 3.8) is 0 Å². The average Bonchev–Trinajstić information content (AvgIpc) is 2.72. The summed E-state index contributed by atoms with van der Waals surface area (Å²) in [7, 11) is 0. The van der Waals surface area contributed by atoms with Crippen molar-refractivity contribution < 1.29 is 35.5 Å². The maximum absolute atomic E-state index is 12.1. The number of hydrogen-bond acceptors (Lipinski definition) is 3. The van der Waals surface area contributed by atoms with Crippen molar-refractivity contribution in [2.75, 3.05) is 13.2 Å². The summed E-state index contributed by atoms with van der Waals surface area (Å²) in [5.74, 6) is 0. The van der Waals surface area contributed by atoms with Crippen LogP contribution in [0.1, 0.15) is 5.56 Å². The number of furan rings is 1. The Hall–Kier alpha value is -1.22. The first-order valence-electron chi connectivity index (χ1n) is 5.18. The predicted molar refractivity (Wildman–Crippen MR) is 52.3 cm³/mol. The fraction of sp³-hybridized carbons (Fsp3) is 0.600. The van der Waals surface area contributed by atoms with Gasteiger partial charge < -0.3 is 14.5 Å². The third kappa shape index (κ3) is 5.52. The van der Waals surface area contributed by atoms with Gasteiger partial charge in [-0.25, -0.2) is 0 Å². The minimum absolute atomic E-state index is 0.145. The van der Waals surface area contributed by atoms with E-state index >= 15 is 0 Å². The van der Waals surface area contributed by atoms with E-state index in [1.807, 2.05) is 0 Å². The quantitative estimate of drug-likeness (QED) is 0.646. The molecule has 0 spiro atoms. The van der Waals surface area contributed by atoms with Gasteiger partial charge in [-0.1, -0.05) is 0 Å². The molecule has 0 aliphatic rings. The van der Waals surface area contributed by atoms with Crippen LogP contribution in [0.5, 0.6) is 0 Å². The molecular weight excluding hydrogens is 280 g/mol. The van der Waals surface area contributed by atoms with E-state index in [1.54, 1.807) is 6.07 Å². The lowest BCUT2D eigenvalue weighted by atomic mass is 10.3. The van der Waals surface area contributed by atoms with Gasteiger partial charge in [0.15, 0.2) is 0 Å². The highest BCUT2D eigenvalue weighted by atomic mass is 19.4. The molecule has 0 bridgehead atoms. The molecule has 0 amide bonds. The van der Waals surface area contributed by atoms with Crippen molar-refractivity contribution in [3.05, 3.63) is 24.2 Å². The highest BCUT2D eigenvalue weighted by Crippen LogP contribution is 2.35. The third-order valence-corrected chi connectivity index (χ3v) is 2.07. The zero-order valence-corrected chi connectivity index (χ0v) is 9.52. The minimum atomic E-state index is -5.47. The summed E-state index contributed by atoms with van der Waals surface area (Å²) in [5.41, 5.74) is 0.725. The first kappa shape index (κ1) is 15.8. The SMILES string of the molecule is FC(F)(F)C(OCCNCc1ccoc1)C(F)(F)F. The number of halogens is 6. The van der Waals surface area contributed by atoms with E-state index in [1.165, 1.54) is 12.5 Å². The van der Waals surface area contributed by atoms with Crippen molar-refractivity contribution in [2.24, 2.45) is 0 Å². The number of nitrogens with one attached hydrogen (secondary N) is 1. The van der Waals surface area contributed by atoms with E-state index < -0.39 is 25.1 Å². The van der Waals surface area contributed by atoms with Crippen LogP contribution in [0.2, 0.25) is 0 Å². The lowest BCUT2D eigenvalue weighted by Crippen LogP contribution is -2.45. The van der Waals surface area contributed by atoms with Crippen LogP contribution in [0.3, 0.4) is 0 Å². The van der Waals surface area contributed by atoms with E-state index in [-0.39, 0.29) is 13.1 Å². The lowest BCUT2D eigenvalue weighted by Gasteiger charge is -2.23. The van der Waals surface area contributed by atoms with Crippen LogP contribution in [0.25, 0.3) is 0 Å². The smallest absolute Gasteiger partial charge is 0.423 e. The van der Waals surface area contributed by atoms with Gasteiger partial charge >= 0.3 is 12.4 Å². The molecular formula is C10H11F6NO2. The summed E-state index contributed by atoms with van der Waals surface area (Å²) in [6, 6.07) is 1.61. The molecule has 0 aliphatic heterocycles. The van der Waals surface area contributed by atoms with Crippen LogP contribution in [0.4, 0.5) is 26.3 Å². The zero-order valence-electron chi connectivity index (χ0n) is 9.52. The Morgan fingerprint density at radius 1 is 1.16 bits per heavy atom. The van der Waals surface area contributed by atoms with Gasteiger partial charge in [-0.05, 0) is 6.07 Å². The Morgan fingerprint density at radius 3 is 2.26 bits per heavy atom. The van der Waals surface area contributed by atoms with Crippen molar-refractivity contribution in [3.8, 4) is 0 Å². The molecule has 0 saturated carbocycles. The van der Waals surface area contributed by atoms with Gasteiger partial charge in [-0.2, -0.15) is 26.3 Å². The second-order valence-corrected chi connectivity index (χ2v) is 3.64. The Morgan fingerprint density at radius 2 is 1.79 bits per heavy atom. The first-order valence-corrected chi connectivity index (χ1v) is 5.18. The fourth-order valence-electron chi connectivity index (χ4n) is 1.25. The molecule has 0 atom stereocenters. The monoisotopic (exact) mass is 291 g/mol. The van der Waals surface area contributed by atoms with Gasteiger partial charge in [-0.15, -0.1) is 0 Å². The Labute approximate surface area is 104 Å². The van der Waals surface area contributed by atoms with Crippen LogP contribution in [0.15, 0.2) is 23.0 Å². The number of alkyl halides is 6. The van der Waals surface area contributed by atoms with Gasteiger partial charge in [-0.3, -0.25) is 0 Å². The summed E-state index contributed by atoms with van der Waals surface area (Å²) in [4.78, 5) is 0. The van der Waals surface area contributed by atoms with Gasteiger partial charge in [0, 0.05) is 18.7 Å². The summed E-state index contributed by atoms with van der Waals surface area (Å²) in [6.07, 6.45) is -11.9. The number of rotatable bonds is 6. The van der Waals surface area contributed by atoms with E-state index in [0.29, 0.717) is 0 Å². The summed E-state index contributed by atoms with van der Waals surface area (Å²) in [5, 5.41) is 2.63. The minimum Gasteiger partial charge on any atom is -0.472 e. The first-order chi connectivity index (χ1) is 8.71. The van der Waals surface area contributed by atoms with Crippen LogP contribution >= 0.6 is 0 Å². The lowest BCUT2D eigenvalue weighted by molar-refractivity contribution is -0.321. The molecule has 0 saturated heterocycles. The van der Waals surface area contributed by atoms with Crippen molar-refractivity contribution in [1.82, 2.24) is 5.32 Å². The molecule has 9 heteroatoms. The molecule has 1 aromatic heterocycles. The summed E-state index contributed by atoms with van der Waals surface area (Å²) in [6.45, 7) is -0.585. The highest BCUT2D eigenvalue weighted by Gasteiger charge is 2.57. The largest absolute Gasteiger partial charge is 0.472 e. The summed E-state index contributed by atoms with van der Waals surface area (Å²) < 4.78 is 81.0. The van der Waals surface area contributed by atoms with E-state index in [2.05, 4.69) is 10.1 Å². The normalized spacial score (nSPS) is 13.2. The van der Waals surface area contributed by atoms with Gasteiger partial charge in [0.2, 0.25) is 6.10 Å². The van der Waals surface area contributed by atoms with Crippen LogP contribution in [-0.4, -0.2) is 31.6 Å². The number of hydrogen-bond donors (Lipinski definition) is 1. The average molecular weight is 291 g/mol. The molecule has 1 aromatic rings. The molecule has 0 radical (unpaired) electrons. The molecule has 0 fully saturated rings. The van der Waals surface area contributed by atoms with Gasteiger partial charge in [0.05, 0.1) is 19.1 Å². The van der Waals surface area contributed by atoms with Crippen LogP contribution < -0.4 is 5.32 Å². The third-order valence-electron chi connectivity index (χ3n) is 2.07. The second-order valence-electron chi connectivity index (χ2n) is 3.64. The molecule has 1 N–H and O–H groups in total. The topological polar surface area (TPSA) is 34.4 Å². The van der Waals surface area contributed by atoms with Crippen molar-refractivity contribution >= 4 is 0 Å². The van der Waals surface area contributed by atoms with Crippen molar-refractivity contribution in [1.29, 1.82) is 0 Å². The molecule has 0 aromatic carbocycles. The highest BCUT2D eigenvalue weighted by molar-refractivity contribution is 5.04. The van der Waals surface area contributed by atoms with Crippen LogP contribution in [0, 0.1) is 0 Å². The second kappa shape index (κ2) is 6.29. The predicted octanol–water partition coefficient (Wildman–Crippen LogP) is 2.88. The standard InChI is InChI=1S/C10H11F6NO2/c11-9(12,13)8(10(14,15)16)19-4-2-17-5-7-1-3-18-6-7/h1,3,6,8,17H,2,4-5H2. The molecule has 1 heterocycles. The number of ether oxygens (including phenoxy) is 1. The Balaban J connectivity index is 2.29. The van der Waals surface area contributed by atoms with E-state index in [0.717, 1.165) is 5.56 Å². The molecule has 0 aliphatic carbocycles. The Kier molecular flexibility index (Phi) is 5.24. The summed E-state index contributed by atoms with van der Waals surface area (Å²) >= 11 is 0. The molecule has 3 nitrogen and oxygen atoms in total. The van der Waals surface area contributed by atoms with Crippen LogP contribution in [-0.2, 0) is 11.3 Å². The zero-order chi connectivity index (χ0) is 14.5. The fourth-order valence-corrected chi connectivity index (χ4v) is 1.25. The maximum atomic E-state index is 12.1. The molecule has 1 rings (SSSR count). The van der Waals surface area contributed by atoms with E-state index in [9.17, 15) is 26.3 Å². The Bertz CT molecular complexity index is 345. The molecule has 110 valence electrons. The maximum Gasteiger partial charge on any atom is 0.423 e.